The molecule has 2 heterocycles. The number of nitrogens with zero attached hydrogens (tertiary/aromatic N) is 1. The average Bonchev–Trinajstić information content (AvgIpc) is 2.96. The van der Waals surface area contributed by atoms with Crippen LogP contribution in [0, 0.1) is 0 Å². The van der Waals surface area contributed by atoms with Crippen LogP contribution < -0.4 is 20.7 Å². The van der Waals surface area contributed by atoms with Crippen LogP contribution in [0.1, 0.15) is 17.2 Å². The van der Waals surface area contributed by atoms with Crippen molar-refractivity contribution in [2.75, 3.05) is 5.32 Å². The SMILES string of the molecule is O=C1NC2=Nc3ccccc3NC(c3ccccc3)=C2[C@H](c2ccc(OC(F)F)cc2)N1. The fourth-order valence-corrected chi connectivity index (χ4v) is 3.83. The second-order valence-electron chi connectivity index (χ2n) is 7.24. The molecule has 0 unspecified atom stereocenters. The van der Waals surface area contributed by atoms with Gasteiger partial charge in [0.25, 0.3) is 0 Å². The fraction of sp³-hybridized carbons (Fsp3) is 0.0833. The molecule has 2 aliphatic heterocycles. The number of ether oxygens (including phenoxy) is 1. The second-order valence-corrected chi connectivity index (χ2v) is 7.24. The number of hydrogen-bond acceptors (Lipinski definition) is 4. The number of hydrogen-bond donors (Lipinski definition) is 3. The van der Waals surface area contributed by atoms with E-state index in [9.17, 15) is 13.6 Å². The number of carbonyl (C=O) groups is 1. The van der Waals surface area contributed by atoms with E-state index in [1.54, 1.807) is 12.1 Å². The lowest BCUT2D eigenvalue weighted by atomic mass is 9.92. The number of nitrogens with one attached hydrogen (secondary N) is 3. The molecule has 1 fully saturated rings. The van der Waals surface area contributed by atoms with Gasteiger partial charge in [-0.15, -0.1) is 0 Å². The summed E-state index contributed by atoms with van der Waals surface area (Å²) < 4.78 is 29.5. The maximum absolute atomic E-state index is 12.5. The van der Waals surface area contributed by atoms with Gasteiger partial charge in [0.15, 0.2) is 0 Å². The predicted octanol–water partition coefficient (Wildman–Crippen LogP) is 5.21. The summed E-state index contributed by atoms with van der Waals surface area (Å²) in [5, 5.41) is 9.22. The van der Waals surface area contributed by atoms with Crippen LogP contribution >= 0.6 is 0 Å². The zero-order valence-electron chi connectivity index (χ0n) is 16.7. The van der Waals surface area contributed by atoms with Gasteiger partial charge in [-0.25, -0.2) is 9.79 Å². The van der Waals surface area contributed by atoms with Crippen molar-refractivity contribution in [2.45, 2.75) is 12.7 Å². The molecule has 0 spiro atoms. The number of carbonyl (C=O) groups excluding carboxylic acids is 1. The molecule has 2 aliphatic rings. The first kappa shape index (κ1) is 19.7. The Morgan fingerprint density at radius 3 is 2.34 bits per heavy atom. The number of amides is 2. The lowest BCUT2D eigenvalue weighted by molar-refractivity contribution is -0.0498. The Hall–Kier alpha value is -4.20. The zero-order chi connectivity index (χ0) is 22.1. The number of alkyl halides is 2. The molecule has 32 heavy (non-hydrogen) atoms. The Kier molecular flexibility index (Phi) is 5.03. The van der Waals surface area contributed by atoms with Crippen molar-refractivity contribution in [2.24, 2.45) is 4.99 Å². The summed E-state index contributed by atoms with van der Waals surface area (Å²) in [6.07, 6.45) is 0. The zero-order valence-corrected chi connectivity index (χ0v) is 16.7. The van der Waals surface area contributed by atoms with Gasteiger partial charge in [-0.3, -0.25) is 5.32 Å². The number of fused-ring (bicyclic) bond motifs is 2. The first-order chi connectivity index (χ1) is 15.6. The minimum Gasteiger partial charge on any atom is -0.435 e. The molecule has 3 N–H and O–H groups in total. The summed E-state index contributed by atoms with van der Waals surface area (Å²) in [5.41, 5.74) is 4.61. The van der Waals surface area contributed by atoms with Crippen molar-refractivity contribution < 1.29 is 18.3 Å². The van der Waals surface area contributed by atoms with Crippen LogP contribution in [0.2, 0.25) is 0 Å². The summed E-state index contributed by atoms with van der Waals surface area (Å²) >= 11 is 0. The largest absolute Gasteiger partial charge is 0.435 e. The highest BCUT2D eigenvalue weighted by molar-refractivity contribution is 6.18. The van der Waals surface area contributed by atoms with Gasteiger partial charge in [0, 0.05) is 5.57 Å². The molecule has 1 saturated heterocycles. The van der Waals surface area contributed by atoms with Crippen LogP contribution in [-0.4, -0.2) is 18.5 Å². The normalized spacial score (nSPS) is 17.3. The number of amidine groups is 1. The highest BCUT2D eigenvalue weighted by atomic mass is 19.3. The maximum Gasteiger partial charge on any atom is 0.387 e. The predicted molar refractivity (Wildman–Crippen MR) is 118 cm³/mol. The molecular formula is C24H18F2N4O2. The molecule has 3 aromatic carbocycles. The minimum absolute atomic E-state index is 0.0431. The number of urea groups is 1. The molecule has 0 aliphatic carbocycles. The van der Waals surface area contributed by atoms with E-state index in [0.29, 0.717) is 17.1 Å². The first-order valence-corrected chi connectivity index (χ1v) is 9.95. The van der Waals surface area contributed by atoms with Crippen molar-refractivity contribution in [1.82, 2.24) is 10.6 Å². The van der Waals surface area contributed by atoms with Crippen LogP contribution in [0.4, 0.5) is 25.0 Å². The first-order valence-electron chi connectivity index (χ1n) is 9.95. The van der Waals surface area contributed by atoms with Crippen molar-refractivity contribution in [3.8, 4) is 5.75 Å². The molecule has 0 saturated carbocycles. The number of aliphatic imine (C=N–C) groups is 1. The van der Waals surface area contributed by atoms with E-state index < -0.39 is 18.7 Å². The van der Waals surface area contributed by atoms with Crippen molar-refractivity contribution in [3.05, 3.63) is 95.6 Å². The molecule has 1 atom stereocenters. The van der Waals surface area contributed by atoms with Crippen molar-refractivity contribution in [1.29, 1.82) is 0 Å². The number of anilines is 1. The third kappa shape index (κ3) is 3.78. The Bertz CT molecular complexity index is 1220. The number of benzene rings is 3. The minimum atomic E-state index is -2.91. The van der Waals surface area contributed by atoms with E-state index in [2.05, 4.69) is 20.7 Å². The summed E-state index contributed by atoms with van der Waals surface area (Å²) in [6.45, 7) is -2.91. The average molecular weight is 432 g/mol. The number of para-hydroxylation sites is 2. The molecule has 160 valence electrons. The topological polar surface area (TPSA) is 74.8 Å². The van der Waals surface area contributed by atoms with E-state index in [0.717, 1.165) is 22.5 Å². The summed E-state index contributed by atoms with van der Waals surface area (Å²) in [4.78, 5) is 17.2. The van der Waals surface area contributed by atoms with Gasteiger partial charge in [-0.2, -0.15) is 8.78 Å². The van der Waals surface area contributed by atoms with Crippen molar-refractivity contribution >= 4 is 28.9 Å². The molecule has 2 amide bonds. The molecular weight excluding hydrogens is 414 g/mol. The van der Waals surface area contributed by atoms with E-state index >= 15 is 0 Å². The molecule has 0 radical (unpaired) electrons. The number of rotatable bonds is 4. The van der Waals surface area contributed by atoms with Crippen LogP contribution in [0.3, 0.4) is 0 Å². The third-order valence-corrected chi connectivity index (χ3v) is 5.22. The Balaban J connectivity index is 1.67. The molecule has 6 nitrogen and oxygen atoms in total. The van der Waals surface area contributed by atoms with E-state index in [4.69, 9.17) is 4.99 Å². The van der Waals surface area contributed by atoms with Gasteiger partial charge in [-0.05, 0) is 35.4 Å². The van der Waals surface area contributed by atoms with E-state index in [1.165, 1.54) is 12.1 Å². The van der Waals surface area contributed by atoms with Crippen LogP contribution in [-0.2, 0) is 0 Å². The third-order valence-electron chi connectivity index (χ3n) is 5.22. The molecule has 3 aromatic rings. The van der Waals surface area contributed by atoms with Gasteiger partial charge in [0.1, 0.15) is 11.6 Å². The van der Waals surface area contributed by atoms with Crippen LogP contribution in [0.5, 0.6) is 5.75 Å². The fourth-order valence-electron chi connectivity index (χ4n) is 3.83. The Morgan fingerprint density at radius 2 is 1.59 bits per heavy atom. The van der Waals surface area contributed by atoms with Gasteiger partial charge < -0.3 is 15.4 Å². The van der Waals surface area contributed by atoms with E-state index in [1.807, 2.05) is 54.6 Å². The molecule has 0 aromatic heterocycles. The van der Waals surface area contributed by atoms with Crippen molar-refractivity contribution in [3.63, 3.8) is 0 Å². The van der Waals surface area contributed by atoms with Gasteiger partial charge in [-0.1, -0.05) is 54.6 Å². The highest BCUT2D eigenvalue weighted by Crippen LogP contribution is 2.39. The second kappa shape index (κ2) is 8.14. The van der Waals surface area contributed by atoms with Gasteiger partial charge in [0.2, 0.25) is 0 Å². The van der Waals surface area contributed by atoms with Crippen LogP contribution in [0.25, 0.3) is 5.70 Å². The highest BCUT2D eigenvalue weighted by Gasteiger charge is 2.34. The smallest absolute Gasteiger partial charge is 0.387 e. The lowest BCUT2D eigenvalue weighted by Gasteiger charge is -2.30. The molecule has 8 heteroatoms. The number of halogens is 2. The van der Waals surface area contributed by atoms with Crippen LogP contribution in [0.15, 0.2) is 89.4 Å². The Labute approximate surface area is 182 Å². The lowest BCUT2D eigenvalue weighted by Crippen LogP contribution is -2.50. The molecule has 5 rings (SSSR count). The summed E-state index contributed by atoms with van der Waals surface area (Å²) in [7, 11) is 0. The monoisotopic (exact) mass is 432 g/mol. The summed E-state index contributed by atoms with van der Waals surface area (Å²) in [5.74, 6) is 0.463. The molecule has 0 bridgehead atoms. The van der Waals surface area contributed by atoms with Gasteiger partial charge >= 0.3 is 12.6 Å². The van der Waals surface area contributed by atoms with Gasteiger partial charge in [0.05, 0.1) is 23.1 Å². The van der Waals surface area contributed by atoms with E-state index in [-0.39, 0.29) is 5.75 Å². The standard InChI is InChI=1S/C24H18F2N4O2/c25-23(26)32-16-12-10-15(11-13-16)21-19-20(14-6-2-1-3-7-14)27-17-8-4-5-9-18(17)28-22(19)30-24(31)29-21/h1-13,21,23,27H,(H2,28,29,30,31)/t21-/m0/s1. The maximum atomic E-state index is 12.5. The quantitative estimate of drug-likeness (QED) is 0.530. The Morgan fingerprint density at radius 1 is 0.875 bits per heavy atom. The summed E-state index contributed by atoms with van der Waals surface area (Å²) in [6, 6.07) is 22.5.